The van der Waals surface area contributed by atoms with Gasteiger partial charge in [0.15, 0.2) is 0 Å². The predicted molar refractivity (Wildman–Crippen MR) is 48.5 cm³/mol. The van der Waals surface area contributed by atoms with Gasteiger partial charge in [-0.2, -0.15) is 0 Å². The first kappa shape index (κ1) is 12.1. The van der Waals surface area contributed by atoms with Gasteiger partial charge in [-0.1, -0.05) is 6.92 Å². The predicted octanol–water partition coefficient (Wildman–Crippen LogP) is -0.528. The number of hydrogen-bond acceptors (Lipinski definition) is 3. The summed E-state index contributed by atoms with van der Waals surface area (Å²) in [6.07, 6.45) is 0.222. The maximum Gasteiger partial charge on any atom is 0.319 e. The highest BCUT2D eigenvalue weighted by Crippen LogP contribution is 2.07. The van der Waals surface area contributed by atoms with Crippen molar-refractivity contribution in [1.82, 2.24) is 0 Å². The Bertz CT molecular complexity index is 241. The normalized spacial score (nSPS) is 17.4. The molecule has 0 aliphatic rings. The lowest BCUT2D eigenvalue weighted by molar-refractivity contribution is -0.136. The van der Waals surface area contributed by atoms with E-state index >= 15 is 0 Å². The number of nitrogens with two attached hydrogens (primary N) is 1. The zero-order valence-corrected chi connectivity index (χ0v) is 8.34. The highest BCUT2D eigenvalue weighted by Gasteiger charge is 2.29. The summed E-state index contributed by atoms with van der Waals surface area (Å²) in [6, 6.07) is 0. The molecule has 0 aromatic rings. The first-order valence-corrected chi connectivity index (χ1v) is 5.10. The summed E-state index contributed by atoms with van der Waals surface area (Å²) < 4.78 is 11.4. The van der Waals surface area contributed by atoms with Crippen LogP contribution in [0.25, 0.3) is 0 Å². The second-order valence-corrected chi connectivity index (χ2v) is 4.54. The number of carboxylic acid groups (broad SMARTS) is 1. The Kier molecular flexibility index (Phi) is 4.61. The molecule has 3 N–H and O–H groups in total. The number of carbonyl (C=O) groups excluding carboxylic acids is 1. The van der Waals surface area contributed by atoms with Crippen molar-refractivity contribution < 1.29 is 18.9 Å². The van der Waals surface area contributed by atoms with Crippen molar-refractivity contribution in [2.24, 2.45) is 5.73 Å². The van der Waals surface area contributed by atoms with Crippen molar-refractivity contribution in [3.8, 4) is 0 Å². The van der Waals surface area contributed by atoms with Gasteiger partial charge in [0.2, 0.25) is 5.91 Å². The Balaban J connectivity index is 4.55. The molecule has 6 heteroatoms. The Labute approximate surface area is 78.8 Å². The molecule has 0 aromatic heterocycles. The molecule has 1 amide bonds. The third kappa shape index (κ3) is 3.14. The van der Waals surface area contributed by atoms with Crippen molar-refractivity contribution in [3.63, 3.8) is 0 Å². The van der Waals surface area contributed by atoms with E-state index in [2.05, 4.69) is 0 Å². The van der Waals surface area contributed by atoms with Crippen molar-refractivity contribution in [1.29, 1.82) is 0 Å². The number of carbonyl (C=O) groups is 2. The maximum atomic E-state index is 11.4. The van der Waals surface area contributed by atoms with Gasteiger partial charge in [0.05, 0.1) is 0 Å². The lowest BCUT2D eigenvalue weighted by Gasteiger charge is -2.13. The summed E-state index contributed by atoms with van der Waals surface area (Å²) in [5.41, 5.74) is 4.90. The van der Waals surface area contributed by atoms with Gasteiger partial charge >= 0.3 is 5.97 Å². The van der Waals surface area contributed by atoms with Crippen molar-refractivity contribution in [2.75, 3.05) is 0 Å². The lowest BCUT2D eigenvalue weighted by Crippen LogP contribution is -2.38. The fourth-order valence-electron chi connectivity index (χ4n) is 0.799. The molecule has 0 spiro atoms. The van der Waals surface area contributed by atoms with E-state index in [0.29, 0.717) is 0 Å². The second-order valence-electron chi connectivity index (χ2n) is 2.61. The van der Waals surface area contributed by atoms with Crippen LogP contribution in [0.15, 0.2) is 0 Å². The summed E-state index contributed by atoms with van der Waals surface area (Å²) in [7, 11) is -1.74. The van der Waals surface area contributed by atoms with Crippen molar-refractivity contribution in [2.45, 2.75) is 30.8 Å². The molecule has 13 heavy (non-hydrogen) atoms. The third-order valence-corrected chi connectivity index (χ3v) is 3.70. The first-order chi connectivity index (χ1) is 5.91. The number of carboxylic acids is 1. The standard InChI is InChI=1S/C7H13NO4S/c1-3-5(7(10)11)13(12)4(2)6(8)9/h4-5H,3H2,1-2H3,(H2,8,9)(H,10,11). The average Bonchev–Trinajstić information content (AvgIpc) is 2.03. The molecule has 0 fully saturated rings. The molecule has 0 saturated carbocycles. The molecule has 0 aromatic carbocycles. The van der Waals surface area contributed by atoms with E-state index < -0.39 is 33.2 Å². The molecule has 3 atom stereocenters. The van der Waals surface area contributed by atoms with E-state index in [1.165, 1.54) is 6.92 Å². The van der Waals surface area contributed by atoms with Crippen LogP contribution in [0.1, 0.15) is 20.3 Å². The molecule has 0 heterocycles. The molecule has 0 radical (unpaired) electrons. The van der Waals surface area contributed by atoms with E-state index in [-0.39, 0.29) is 6.42 Å². The molecular weight excluding hydrogens is 194 g/mol. The minimum absolute atomic E-state index is 0.222. The lowest BCUT2D eigenvalue weighted by atomic mass is 10.3. The smallest absolute Gasteiger partial charge is 0.319 e. The molecule has 76 valence electrons. The van der Waals surface area contributed by atoms with Gasteiger partial charge in [0.25, 0.3) is 0 Å². The topological polar surface area (TPSA) is 97.5 Å². The van der Waals surface area contributed by atoms with Crippen LogP contribution in [-0.2, 0) is 20.4 Å². The number of rotatable bonds is 5. The van der Waals surface area contributed by atoms with Gasteiger partial charge in [0, 0.05) is 10.8 Å². The molecule has 0 rings (SSSR count). The fourth-order valence-corrected chi connectivity index (χ4v) is 2.05. The minimum Gasteiger partial charge on any atom is -0.480 e. The molecule has 0 aliphatic carbocycles. The quantitative estimate of drug-likeness (QED) is 0.633. The average molecular weight is 207 g/mol. The zero-order valence-electron chi connectivity index (χ0n) is 7.52. The van der Waals surface area contributed by atoms with Crippen LogP contribution >= 0.6 is 0 Å². The van der Waals surface area contributed by atoms with E-state index in [1.807, 2.05) is 0 Å². The van der Waals surface area contributed by atoms with Gasteiger partial charge in [-0.05, 0) is 13.3 Å². The van der Waals surface area contributed by atoms with Crippen molar-refractivity contribution >= 4 is 22.7 Å². The van der Waals surface area contributed by atoms with Gasteiger partial charge in [-0.15, -0.1) is 0 Å². The number of aliphatic carboxylic acids is 1. The number of amides is 1. The van der Waals surface area contributed by atoms with Crippen LogP contribution in [0.3, 0.4) is 0 Å². The molecule has 0 aliphatic heterocycles. The monoisotopic (exact) mass is 207 g/mol. The summed E-state index contributed by atoms with van der Waals surface area (Å²) >= 11 is 0. The van der Waals surface area contributed by atoms with E-state index in [4.69, 9.17) is 10.8 Å². The molecule has 0 saturated heterocycles. The third-order valence-electron chi connectivity index (χ3n) is 1.68. The Morgan fingerprint density at radius 2 is 2.00 bits per heavy atom. The van der Waals surface area contributed by atoms with Crippen LogP contribution in [0.2, 0.25) is 0 Å². The molecular formula is C7H13NO4S. The van der Waals surface area contributed by atoms with Crippen LogP contribution < -0.4 is 5.73 Å². The molecule has 3 unspecified atom stereocenters. The van der Waals surface area contributed by atoms with Gasteiger partial charge < -0.3 is 10.8 Å². The maximum absolute atomic E-state index is 11.4. The first-order valence-electron chi connectivity index (χ1n) is 3.83. The van der Waals surface area contributed by atoms with Gasteiger partial charge in [-0.3, -0.25) is 13.8 Å². The van der Waals surface area contributed by atoms with Gasteiger partial charge in [-0.25, -0.2) is 0 Å². The fraction of sp³-hybridized carbons (Fsp3) is 0.714. The second kappa shape index (κ2) is 4.96. The highest BCUT2D eigenvalue weighted by molar-refractivity contribution is 7.87. The number of primary amides is 1. The largest absolute Gasteiger partial charge is 0.480 e. The Morgan fingerprint density at radius 3 is 2.23 bits per heavy atom. The highest BCUT2D eigenvalue weighted by atomic mass is 32.2. The Hall–Kier alpha value is -0.910. The summed E-state index contributed by atoms with van der Waals surface area (Å²) in [4.78, 5) is 21.2. The minimum atomic E-state index is -1.74. The van der Waals surface area contributed by atoms with Gasteiger partial charge in [0.1, 0.15) is 10.5 Å². The van der Waals surface area contributed by atoms with Crippen LogP contribution in [-0.4, -0.2) is 31.7 Å². The number of hydrogen-bond donors (Lipinski definition) is 2. The Morgan fingerprint density at radius 1 is 1.54 bits per heavy atom. The summed E-state index contributed by atoms with van der Waals surface area (Å²) in [5, 5.41) is 6.70. The van der Waals surface area contributed by atoms with Crippen LogP contribution in [0.5, 0.6) is 0 Å². The zero-order chi connectivity index (χ0) is 10.6. The van der Waals surface area contributed by atoms with E-state index in [0.717, 1.165) is 0 Å². The van der Waals surface area contributed by atoms with Crippen molar-refractivity contribution in [3.05, 3.63) is 0 Å². The van der Waals surface area contributed by atoms with E-state index in [1.54, 1.807) is 6.92 Å². The summed E-state index contributed by atoms with van der Waals surface area (Å²) in [5.74, 6) is -1.90. The summed E-state index contributed by atoms with van der Waals surface area (Å²) in [6.45, 7) is 2.97. The van der Waals surface area contributed by atoms with E-state index in [9.17, 15) is 13.8 Å². The SMILES string of the molecule is CCC(C(=O)O)S(=O)C(C)C(N)=O. The van der Waals surface area contributed by atoms with Crippen LogP contribution in [0, 0.1) is 0 Å². The van der Waals surface area contributed by atoms with Crippen LogP contribution in [0.4, 0.5) is 0 Å². The molecule has 5 nitrogen and oxygen atoms in total. The molecule has 0 bridgehead atoms.